The van der Waals surface area contributed by atoms with E-state index in [-0.39, 0.29) is 6.10 Å². The first kappa shape index (κ1) is 21.4. The van der Waals surface area contributed by atoms with Crippen molar-refractivity contribution in [1.29, 1.82) is 0 Å². The number of guanidine groups is 1. The largest absolute Gasteiger partial charge is 0.493 e. The lowest BCUT2D eigenvalue weighted by Gasteiger charge is -2.20. The van der Waals surface area contributed by atoms with Crippen LogP contribution < -0.4 is 20.1 Å². The number of rotatable bonds is 8. The molecule has 7 heteroatoms. The molecule has 29 heavy (non-hydrogen) atoms. The molecule has 0 unspecified atom stereocenters. The number of hydrogen-bond donors (Lipinski definition) is 2. The molecule has 0 spiro atoms. The predicted octanol–water partition coefficient (Wildman–Crippen LogP) is 4.46. The Morgan fingerprint density at radius 3 is 2.66 bits per heavy atom. The third kappa shape index (κ3) is 5.85. The Morgan fingerprint density at radius 2 is 2.00 bits per heavy atom. The Morgan fingerprint density at radius 1 is 1.24 bits per heavy atom. The molecule has 158 valence electrons. The molecule has 1 aromatic carbocycles. The van der Waals surface area contributed by atoms with Gasteiger partial charge in [0.2, 0.25) is 0 Å². The van der Waals surface area contributed by atoms with Crippen LogP contribution in [0.2, 0.25) is 0 Å². The number of aliphatic imine (C=N–C) groups is 1. The standard InChI is InChI=1S/C22H32N4O2S/c1-15(2)18-14-29-20(26-18)13-25-22(23-3)24-12-16-8-7-11-19(27-4)21(16)28-17-9-5-6-10-17/h7-8,11,14-15,17H,5-6,9-10,12-13H2,1-4H3,(H2,23,24,25). The predicted molar refractivity (Wildman–Crippen MR) is 119 cm³/mol. The van der Waals surface area contributed by atoms with Gasteiger partial charge in [0.1, 0.15) is 5.01 Å². The smallest absolute Gasteiger partial charge is 0.191 e. The van der Waals surface area contributed by atoms with E-state index in [1.54, 1.807) is 25.5 Å². The molecule has 3 rings (SSSR count). The maximum Gasteiger partial charge on any atom is 0.191 e. The average Bonchev–Trinajstić information content (AvgIpc) is 3.41. The minimum Gasteiger partial charge on any atom is -0.493 e. The Kier molecular flexibility index (Phi) is 7.75. The maximum atomic E-state index is 6.32. The Labute approximate surface area is 177 Å². The van der Waals surface area contributed by atoms with Crippen LogP contribution in [-0.4, -0.2) is 31.2 Å². The molecule has 1 aliphatic carbocycles. The van der Waals surface area contributed by atoms with E-state index in [1.165, 1.54) is 12.8 Å². The molecule has 1 aromatic heterocycles. The Hall–Kier alpha value is -2.28. The monoisotopic (exact) mass is 416 g/mol. The van der Waals surface area contributed by atoms with Crippen LogP contribution in [0.1, 0.15) is 61.7 Å². The van der Waals surface area contributed by atoms with E-state index in [0.29, 0.717) is 19.0 Å². The molecule has 1 aliphatic rings. The van der Waals surface area contributed by atoms with Crippen molar-refractivity contribution in [3.63, 3.8) is 0 Å². The van der Waals surface area contributed by atoms with Gasteiger partial charge < -0.3 is 20.1 Å². The fraction of sp³-hybridized carbons (Fsp3) is 0.545. The molecular formula is C22H32N4O2S. The SMILES string of the molecule is CN=C(NCc1nc(C(C)C)cs1)NCc1cccc(OC)c1OC1CCCC1. The molecule has 2 aromatic rings. The van der Waals surface area contributed by atoms with Crippen LogP contribution in [0.3, 0.4) is 0 Å². The van der Waals surface area contributed by atoms with Gasteiger partial charge in [-0.3, -0.25) is 4.99 Å². The Bertz CT molecular complexity index is 813. The lowest BCUT2D eigenvalue weighted by Crippen LogP contribution is -2.36. The molecule has 6 nitrogen and oxygen atoms in total. The number of benzene rings is 1. The molecule has 0 amide bonds. The van der Waals surface area contributed by atoms with E-state index in [1.807, 2.05) is 12.1 Å². The minimum absolute atomic E-state index is 0.280. The van der Waals surface area contributed by atoms with Crippen LogP contribution in [0.5, 0.6) is 11.5 Å². The minimum atomic E-state index is 0.280. The van der Waals surface area contributed by atoms with Crippen molar-refractivity contribution in [3.05, 3.63) is 39.8 Å². The summed E-state index contributed by atoms with van der Waals surface area (Å²) in [6.07, 6.45) is 4.97. The second-order valence-electron chi connectivity index (χ2n) is 7.57. The van der Waals surface area contributed by atoms with Gasteiger partial charge in [-0.1, -0.05) is 26.0 Å². The molecule has 1 heterocycles. The highest BCUT2D eigenvalue weighted by molar-refractivity contribution is 7.09. The molecule has 0 radical (unpaired) electrons. The van der Waals surface area contributed by atoms with Crippen LogP contribution in [0.25, 0.3) is 0 Å². The quantitative estimate of drug-likeness (QED) is 0.491. The van der Waals surface area contributed by atoms with Gasteiger partial charge in [0, 0.05) is 24.5 Å². The average molecular weight is 417 g/mol. The number of hydrogen-bond acceptors (Lipinski definition) is 5. The topological polar surface area (TPSA) is 67.8 Å². The van der Waals surface area contributed by atoms with Gasteiger partial charge in [0.15, 0.2) is 17.5 Å². The highest BCUT2D eigenvalue weighted by Crippen LogP contribution is 2.34. The van der Waals surface area contributed by atoms with Crippen LogP contribution in [-0.2, 0) is 13.1 Å². The van der Waals surface area contributed by atoms with Crippen LogP contribution in [0.15, 0.2) is 28.6 Å². The maximum absolute atomic E-state index is 6.32. The lowest BCUT2D eigenvalue weighted by molar-refractivity contribution is 0.198. The number of aromatic nitrogens is 1. The third-order valence-corrected chi connectivity index (χ3v) is 5.97. The summed E-state index contributed by atoms with van der Waals surface area (Å²) in [6, 6.07) is 6.02. The summed E-state index contributed by atoms with van der Waals surface area (Å²) >= 11 is 1.68. The molecule has 0 atom stereocenters. The molecule has 1 fully saturated rings. The van der Waals surface area contributed by atoms with E-state index in [2.05, 4.69) is 45.9 Å². The Balaban J connectivity index is 1.61. The second-order valence-corrected chi connectivity index (χ2v) is 8.52. The lowest BCUT2D eigenvalue weighted by atomic mass is 10.1. The van der Waals surface area contributed by atoms with E-state index in [9.17, 15) is 0 Å². The van der Waals surface area contributed by atoms with Crippen molar-refractivity contribution in [2.75, 3.05) is 14.2 Å². The zero-order valence-corrected chi connectivity index (χ0v) is 18.6. The first-order valence-electron chi connectivity index (χ1n) is 10.3. The molecular weight excluding hydrogens is 384 g/mol. The number of nitrogens with one attached hydrogen (secondary N) is 2. The summed E-state index contributed by atoms with van der Waals surface area (Å²) in [5.41, 5.74) is 2.20. The van der Waals surface area contributed by atoms with E-state index in [4.69, 9.17) is 9.47 Å². The number of methoxy groups -OCH3 is 1. The van der Waals surface area contributed by atoms with Crippen molar-refractivity contribution < 1.29 is 9.47 Å². The van der Waals surface area contributed by atoms with E-state index in [0.717, 1.165) is 46.6 Å². The first-order chi connectivity index (χ1) is 14.1. The number of thiazole rings is 1. The summed E-state index contributed by atoms with van der Waals surface area (Å²) in [5.74, 6) is 2.80. The van der Waals surface area contributed by atoms with Gasteiger partial charge in [-0.2, -0.15) is 0 Å². The van der Waals surface area contributed by atoms with E-state index < -0.39 is 0 Å². The first-order valence-corrected chi connectivity index (χ1v) is 11.2. The van der Waals surface area contributed by atoms with Crippen molar-refractivity contribution in [2.24, 2.45) is 4.99 Å². The fourth-order valence-electron chi connectivity index (χ4n) is 3.40. The zero-order valence-electron chi connectivity index (χ0n) is 17.8. The summed E-state index contributed by atoms with van der Waals surface area (Å²) < 4.78 is 11.9. The molecule has 0 aliphatic heterocycles. The zero-order chi connectivity index (χ0) is 20.6. The fourth-order valence-corrected chi connectivity index (χ4v) is 4.29. The summed E-state index contributed by atoms with van der Waals surface area (Å²) in [4.78, 5) is 9.00. The van der Waals surface area contributed by atoms with Gasteiger partial charge >= 0.3 is 0 Å². The number of ether oxygens (including phenoxy) is 2. The molecule has 1 saturated carbocycles. The van der Waals surface area contributed by atoms with E-state index >= 15 is 0 Å². The molecule has 0 bridgehead atoms. The summed E-state index contributed by atoms with van der Waals surface area (Å²) in [7, 11) is 3.46. The highest BCUT2D eigenvalue weighted by atomic mass is 32.1. The van der Waals surface area contributed by atoms with Gasteiger partial charge in [0.25, 0.3) is 0 Å². The third-order valence-electron chi connectivity index (χ3n) is 5.11. The highest BCUT2D eigenvalue weighted by Gasteiger charge is 2.20. The van der Waals surface area contributed by atoms with Gasteiger partial charge in [0.05, 0.1) is 25.5 Å². The van der Waals surface area contributed by atoms with Crippen LogP contribution in [0.4, 0.5) is 0 Å². The number of nitrogens with zero attached hydrogens (tertiary/aromatic N) is 2. The van der Waals surface area contributed by atoms with Gasteiger partial charge in [-0.15, -0.1) is 11.3 Å². The van der Waals surface area contributed by atoms with Crippen LogP contribution >= 0.6 is 11.3 Å². The molecule has 2 N–H and O–H groups in total. The van der Waals surface area contributed by atoms with Gasteiger partial charge in [-0.25, -0.2) is 4.98 Å². The normalized spacial score (nSPS) is 15.0. The van der Waals surface area contributed by atoms with Crippen LogP contribution in [0, 0.1) is 0 Å². The molecule has 0 saturated heterocycles. The van der Waals surface area contributed by atoms with Gasteiger partial charge in [-0.05, 0) is 37.7 Å². The number of para-hydroxylation sites is 1. The summed E-state index contributed by atoms with van der Waals surface area (Å²) in [6.45, 7) is 5.58. The van der Waals surface area contributed by atoms with Crippen molar-refractivity contribution in [2.45, 2.75) is 64.6 Å². The van der Waals surface area contributed by atoms with Crippen molar-refractivity contribution in [3.8, 4) is 11.5 Å². The van der Waals surface area contributed by atoms with Crippen molar-refractivity contribution >= 4 is 17.3 Å². The van der Waals surface area contributed by atoms with Crippen molar-refractivity contribution in [1.82, 2.24) is 15.6 Å². The summed E-state index contributed by atoms with van der Waals surface area (Å²) in [5, 5.41) is 9.91. The second kappa shape index (κ2) is 10.5.